The molecule has 0 aromatic carbocycles. The normalized spacial score (nSPS) is 47.8. The summed E-state index contributed by atoms with van der Waals surface area (Å²) in [4.78, 5) is 0. The lowest BCUT2D eigenvalue weighted by Crippen LogP contribution is -2.38. The van der Waals surface area contributed by atoms with Gasteiger partial charge < -0.3 is 5.11 Å². The summed E-state index contributed by atoms with van der Waals surface area (Å²) in [6.07, 6.45) is 4.52. The van der Waals surface area contributed by atoms with Gasteiger partial charge >= 0.3 is 0 Å². The van der Waals surface area contributed by atoms with Crippen molar-refractivity contribution in [3.8, 4) is 0 Å². The van der Waals surface area contributed by atoms with Gasteiger partial charge in [-0.05, 0) is 25.7 Å². The van der Waals surface area contributed by atoms with Crippen molar-refractivity contribution >= 4 is 0 Å². The third-order valence-corrected chi connectivity index (χ3v) is 2.74. The molecule has 9 heavy (non-hydrogen) atoms. The average Bonchev–Trinajstić information content (AvgIpc) is 2.04. The summed E-state index contributed by atoms with van der Waals surface area (Å²) in [6.45, 7) is 2.13. The molecule has 1 heteroatoms. The second-order valence-electron chi connectivity index (χ2n) is 3.27. The van der Waals surface area contributed by atoms with Crippen LogP contribution >= 0.6 is 0 Å². The van der Waals surface area contributed by atoms with Crippen molar-refractivity contribution in [2.75, 3.05) is 0 Å². The molecule has 0 radical (unpaired) electrons. The van der Waals surface area contributed by atoms with Crippen molar-refractivity contribution in [1.82, 2.24) is 0 Å². The van der Waals surface area contributed by atoms with Gasteiger partial charge in [-0.25, -0.2) is 0 Å². The molecule has 50 valence electrons. The Kier molecular flexibility index (Phi) is 0.974. The largest absolute Gasteiger partial charge is 0.392 e. The lowest BCUT2D eigenvalue weighted by atomic mass is 9.71. The monoisotopic (exact) mass is 124 g/mol. The van der Waals surface area contributed by atoms with Crippen molar-refractivity contribution in [3.05, 3.63) is 11.6 Å². The Morgan fingerprint density at radius 2 is 2.44 bits per heavy atom. The first-order valence-electron chi connectivity index (χ1n) is 3.64. The van der Waals surface area contributed by atoms with Gasteiger partial charge in [-0.15, -0.1) is 0 Å². The fourth-order valence-corrected chi connectivity index (χ4v) is 2.11. The molecule has 0 aromatic rings. The minimum absolute atomic E-state index is 0.00579. The first-order chi connectivity index (χ1) is 4.29. The van der Waals surface area contributed by atoms with E-state index in [1.807, 2.05) is 0 Å². The molecule has 0 aliphatic heterocycles. The van der Waals surface area contributed by atoms with Gasteiger partial charge in [-0.1, -0.05) is 11.6 Å². The van der Waals surface area contributed by atoms with Crippen LogP contribution in [0.3, 0.4) is 0 Å². The Morgan fingerprint density at radius 3 is 2.89 bits per heavy atom. The van der Waals surface area contributed by atoms with Gasteiger partial charge in [0.05, 0.1) is 6.10 Å². The number of aliphatic hydroxyl groups excluding tert-OH is 1. The minimum atomic E-state index is -0.00579. The Morgan fingerprint density at radius 1 is 1.67 bits per heavy atom. The highest BCUT2D eigenvalue weighted by molar-refractivity contribution is 5.19. The molecule has 1 N–H and O–H groups in total. The number of aliphatic hydroxyl groups is 1. The van der Waals surface area contributed by atoms with E-state index in [2.05, 4.69) is 13.0 Å². The molecule has 0 spiro atoms. The van der Waals surface area contributed by atoms with Gasteiger partial charge in [0.15, 0.2) is 0 Å². The summed E-state index contributed by atoms with van der Waals surface area (Å²) in [5, 5.41) is 9.25. The molecular weight excluding hydrogens is 112 g/mol. The van der Waals surface area contributed by atoms with Crippen LogP contribution in [0.4, 0.5) is 0 Å². The lowest BCUT2D eigenvalue weighted by Gasteiger charge is -2.38. The summed E-state index contributed by atoms with van der Waals surface area (Å²) in [7, 11) is 0. The third kappa shape index (κ3) is 0.584. The van der Waals surface area contributed by atoms with E-state index in [0.717, 1.165) is 12.3 Å². The van der Waals surface area contributed by atoms with E-state index in [1.165, 1.54) is 12.0 Å². The molecule has 1 nitrogen and oxygen atoms in total. The van der Waals surface area contributed by atoms with Crippen molar-refractivity contribution in [3.63, 3.8) is 0 Å². The van der Waals surface area contributed by atoms with Crippen LogP contribution in [-0.2, 0) is 0 Å². The van der Waals surface area contributed by atoms with Crippen LogP contribution in [0.2, 0.25) is 0 Å². The number of hydrogen-bond acceptors (Lipinski definition) is 1. The molecule has 2 rings (SSSR count). The van der Waals surface area contributed by atoms with E-state index in [9.17, 15) is 5.11 Å². The van der Waals surface area contributed by atoms with Gasteiger partial charge in [0, 0.05) is 5.92 Å². The van der Waals surface area contributed by atoms with Crippen molar-refractivity contribution in [2.45, 2.75) is 25.9 Å². The number of allylic oxidation sites excluding steroid dienone is 1. The van der Waals surface area contributed by atoms with E-state index >= 15 is 0 Å². The summed E-state index contributed by atoms with van der Waals surface area (Å²) in [6, 6.07) is 0. The van der Waals surface area contributed by atoms with Crippen molar-refractivity contribution in [1.29, 1.82) is 0 Å². The van der Waals surface area contributed by atoms with E-state index in [-0.39, 0.29) is 6.10 Å². The molecule has 0 unspecified atom stereocenters. The fraction of sp³-hybridized carbons (Fsp3) is 0.750. The maximum absolute atomic E-state index is 9.25. The molecule has 0 saturated heterocycles. The molecule has 2 aliphatic rings. The fourth-order valence-electron chi connectivity index (χ4n) is 2.11. The maximum atomic E-state index is 9.25. The predicted molar refractivity (Wildman–Crippen MR) is 36.0 cm³/mol. The second-order valence-corrected chi connectivity index (χ2v) is 3.27. The Hall–Kier alpha value is -0.300. The van der Waals surface area contributed by atoms with Gasteiger partial charge in [-0.2, -0.15) is 0 Å². The number of fused-ring (bicyclic) bond motifs is 1. The second kappa shape index (κ2) is 1.60. The number of hydrogen-bond donors (Lipinski definition) is 1. The van der Waals surface area contributed by atoms with Crippen LogP contribution in [0.5, 0.6) is 0 Å². The zero-order valence-electron chi connectivity index (χ0n) is 5.67. The van der Waals surface area contributed by atoms with Crippen LogP contribution in [0.25, 0.3) is 0 Å². The zero-order valence-corrected chi connectivity index (χ0v) is 5.67. The Labute approximate surface area is 55.4 Å². The van der Waals surface area contributed by atoms with Gasteiger partial charge in [0.25, 0.3) is 0 Å². The highest BCUT2D eigenvalue weighted by atomic mass is 16.3. The van der Waals surface area contributed by atoms with Crippen LogP contribution in [0.15, 0.2) is 11.6 Å². The zero-order chi connectivity index (χ0) is 6.43. The SMILES string of the molecule is CC1=CC[C@H]2C[C@@H](O)[C@@H]12. The maximum Gasteiger partial charge on any atom is 0.0611 e. The van der Waals surface area contributed by atoms with Crippen LogP contribution in [0, 0.1) is 11.8 Å². The summed E-state index contributed by atoms with van der Waals surface area (Å²) in [5.41, 5.74) is 1.42. The highest BCUT2D eigenvalue weighted by Gasteiger charge is 2.42. The first-order valence-corrected chi connectivity index (χ1v) is 3.64. The lowest BCUT2D eigenvalue weighted by molar-refractivity contribution is -0.00263. The number of rotatable bonds is 0. The topological polar surface area (TPSA) is 20.2 Å². The minimum Gasteiger partial charge on any atom is -0.392 e. The molecule has 1 fully saturated rings. The molecule has 0 heterocycles. The summed E-state index contributed by atoms with van der Waals surface area (Å²) in [5.74, 6) is 1.35. The van der Waals surface area contributed by atoms with E-state index in [0.29, 0.717) is 5.92 Å². The molecule has 0 amide bonds. The molecule has 0 bridgehead atoms. The smallest absolute Gasteiger partial charge is 0.0611 e. The molecule has 1 saturated carbocycles. The van der Waals surface area contributed by atoms with Gasteiger partial charge in [-0.3, -0.25) is 0 Å². The Balaban J connectivity index is 2.15. The van der Waals surface area contributed by atoms with Crippen LogP contribution < -0.4 is 0 Å². The summed E-state index contributed by atoms with van der Waals surface area (Å²) < 4.78 is 0. The molecule has 2 aliphatic carbocycles. The molecular formula is C8H12O. The molecule has 3 atom stereocenters. The van der Waals surface area contributed by atoms with E-state index in [4.69, 9.17) is 0 Å². The predicted octanol–water partition coefficient (Wildman–Crippen LogP) is 1.33. The third-order valence-electron chi connectivity index (χ3n) is 2.74. The van der Waals surface area contributed by atoms with E-state index < -0.39 is 0 Å². The van der Waals surface area contributed by atoms with Crippen molar-refractivity contribution in [2.24, 2.45) is 11.8 Å². The van der Waals surface area contributed by atoms with Gasteiger partial charge in [0.2, 0.25) is 0 Å². The first kappa shape index (κ1) is 5.48. The highest BCUT2D eigenvalue weighted by Crippen LogP contribution is 2.46. The quantitative estimate of drug-likeness (QED) is 0.483. The summed E-state index contributed by atoms with van der Waals surface area (Å²) >= 11 is 0. The van der Waals surface area contributed by atoms with Crippen molar-refractivity contribution < 1.29 is 5.11 Å². The van der Waals surface area contributed by atoms with Crippen LogP contribution in [-0.4, -0.2) is 11.2 Å². The standard InChI is InChI=1S/C8H12O/c1-5-2-3-6-4-7(9)8(5)6/h2,6-9H,3-4H2,1H3/t6-,7+,8-/m0/s1. The van der Waals surface area contributed by atoms with Crippen LogP contribution in [0.1, 0.15) is 19.8 Å². The Bertz CT molecular complexity index is 160. The van der Waals surface area contributed by atoms with E-state index in [1.54, 1.807) is 0 Å². The molecule has 0 aromatic heterocycles. The average molecular weight is 124 g/mol. The van der Waals surface area contributed by atoms with Gasteiger partial charge in [0.1, 0.15) is 0 Å².